The average Bonchev–Trinajstić information content (AvgIpc) is 2.59. The van der Waals surface area contributed by atoms with Crippen LogP contribution in [0.5, 0.6) is 0 Å². The maximum Gasteiger partial charge on any atom is 0.262 e. The summed E-state index contributed by atoms with van der Waals surface area (Å²) in [7, 11) is 0. The summed E-state index contributed by atoms with van der Waals surface area (Å²) in [6.45, 7) is 7.39. The fraction of sp³-hybridized carbons (Fsp3) is 0.444. The van der Waals surface area contributed by atoms with Crippen molar-refractivity contribution in [2.24, 2.45) is 5.92 Å². The van der Waals surface area contributed by atoms with Crippen LogP contribution >= 0.6 is 11.8 Å². The number of nitrogens with zero attached hydrogens (tertiary/aromatic N) is 2. The van der Waals surface area contributed by atoms with Crippen molar-refractivity contribution in [2.75, 3.05) is 5.75 Å². The van der Waals surface area contributed by atoms with E-state index in [1.165, 1.54) is 11.8 Å². The molecule has 6 nitrogen and oxygen atoms in total. The zero-order valence-electron chi connectivity index (χ0n) is 14.9. The lowest BCUT2D eigenvalue weighted by Crippen LogP contribution is -2.35. The summed E-state index contributed by atoms with van der Waals surface area (Å²) in [6.07, 6.45) is 0.769. The zero-order chi connectivity index (χ0) is 18.6. The summed E-state index contributed by atoms with van der Waals surface area (Å²) in [5.74, 6) is -0.927. The second kappa shape index (κ2) is 8.29. The van der Waals surface area contributed by atoms with Gasteiger partial charge in [-0.15, -0.1) is 0 Å². The smallest absolute Gasteiger partial charge is 0.262 e. The summed E-state index contributed by atoms with van der Waals surface area (Å²) in [5.41, 5.74) is 0.495. The van der Waals surface area contributed by atoms with Gasteiger partial charge >= 0.3 is 0 Å². The predicted octanol–water partition coefficient (Wildman–Crippen LogP) is 2.76. The zero-order valence-corrected chi connectivity index (χ0v) is 15.7. The fourth-order valence-corrected chi connectivity index (χ4v) is 3.14. The van der Waals surface area contributed by atoms with Gasteiger partial charge in [0.2, 0.25) is 11.8 Å². The van der Waals surface area contributed by atoms with Crippen LogP contribution in [0.1, 0.15) is 40.2 Å². The minimum atomic E-state index is -0.387. The third-order valence-electron chi connectivity index (χ3n) is 3.93. The van der Waals surface area contributed by atoms with E-state index in [9.17, 15) is 14.4 Å². The molecule has 1 aromatic heterocycles. The molecule has 134 valence electrons. The molecule has 0 aliphatic rings. The molecule has 1 unspecified atom stereocenters. The molecule has 2 amide bonds. The molecule has 0 saturated carbocycles. The van der Waals surface area contributed by atoms with Gasteiger partial charge in [0.1, 0.15) is 0 Å². The molecule has 0 saturated heterocycles. The lowest BCUT2D eigenvalue weighted by atomic mass is 10.2. The fourth-order valence-electron chi connectivity index (χ4n) is 2.25. The SMILES string of the molecule is CCC(C)n1c(SCC(=O)NC(=O)C(C)C)nc2ccccc2c1=O. The summed E-state index contributed by atoms with van der Waals surface area (Å²) in [4.78, 5) is 40.9. The summed E-state index contributed by atoms with van der Waals surface area (Å²) in [6, 6.07) is 7.14. The van der Waals surface area contributed by atoms with Gasteiger partial charge in [0.25, 0.3) is 5.56 Å². The Balaban J connectivity index is 2.31. The Hall–Kier alpha value is -2.15. The standard InChI is InChI=1S/C18H23N3O3S/c1-5-12(4)21-17(24)13-8-6-7-9-14(13)19-18(21)25-10-15(22)20-16(23)11(2)3/h6-9,11-12H,5,10H2,1-4H3,(H,20,22,23). The highest BCUT2D eigenvalue weighted by Crippen LogP contribution is 2.22. The van der Waals surface area contributed by atoms with Crippen LogP contribution in [0.15, 0.2) is 34.2 Å². The van der Waals surface area contributed by atoms with E-state index in [1.807, 2.05) is 26.0 Å². The third-order valence-corrected chi connectivity index (χ3v) is 4.88. The number of hydrogen-bond donors (Lipinski definition) is 1. The van der Waals surface area contributed by atoms with Crippen molar-refractivity contribution >= 4 is 34.5 Å². The lowest BCUT2D eigenvalue weighted by Gasteiger charge is -2.18. The number of carbonyl (C=O) groups is 2. The van der Waals surface area contributed by atoms with Gasteiger partial charge in [-0.05, 0) is 25.5 Å². The van der Waals surface area contributed by atoms with E-state index in [1.54, 1.807) is 30.5 Å². The summed E-state index contributed by atoms with van der Waals surface area (Å²) < 4.78 is 1.63. The molecule has 0 bridgehead atoms. The number of para-hydroxylation sites is 1. The van der Waals surface area contributed by atoms with E-state index in [4.69, 9.17) is 0 Å². The Bertz CT molecular complexity index is 845. The number of fused-ring (bicyclic) bond motifs is 1. The minimum Gasteiger partial charge on any atom is -0.296 e. The van der Waals surface area contributed by atoms with Crippen molar-refractivity contribution in [3.8, 4) is 0 Å². The van der Waals surface area contributed by atoms with Gasteiger partial charge in [-0.1, -0.05) is 44.7 Å². The number of hydrogen-bond acceptors (Lipinski definition) is 5. The predicted molar refractivity (Wildman–Crippen MR) is 99.7 cm³/mol. The van der Waals surface area contributed by atoms with Gasteiger partial charge in [0, 0.05) is 12.0 Å². The molecular formula is C18H23N3O3S. The molecular weight excluding hydrogens is 338 g/mol. The molecule has 0 radical (unpaired) electrons. The van der Waals surface area contributed by atoms with E-state index >= 15 is 0 Å². The number of benzene rings is 1. The summed E-state index contributed by atoms with van der Waals surface area (Å²) >= 11 is 1.17. The molecule has 1 atom stereocenters. The number of thioether (sulfide) groups is 1. The van der Waals surface area contributed by atoms with Gasteiger partial charge < -0.3 is 0 Å². The van der Waals surface area contributed by atoms with Crippen LogP contribution in [0.3, 0.4) is 0 Å². The number of carbonyl (C=O) groups excluding carboxylic acids is 2. The van der Waals surface area contributed by atoms with Gasteiger partial charge in [-0.3, -0.25) is 24.3 Å². The van der Waals surface area contributed by atoms with E-state index in [-0.39, 0.29) is 35.1 Å². The molecule has 0 aliphatic heterocycles. The first-order chi connectivity index (χ1) is 11.8. The molecule has 2 rings (SSSR count). The molecule has 1 aromatic carbocycles. The summed E-state index contributed by atoms with van der Waals surface area (Å²) in [5, 5.41) is 3.40. The molecule has 7 heteroatoms. The van der Waals surface area contributed by atoms with Crippen LogP contribution in [0, 0.1) is 5.92 Å². The van der Waals surface area contributed by atoms with Crippen molar-refractivity contribution in [1.29, 1.82) is 0 Å². The molecule has 0 aliphatic carbocycles. The van der Waals surface area contributed by atoms with Crippen molar-refractivity contribution in [2.45, 2.75) is 45.3 Å². The maximum absolute atomic E-state index is 12.8. The second-order valence-electron chi connectivity index (χ2n) is 6.20. The Morgan fingerprint density at radius 1 is 1.24 bits per heavy atom. The van der Waals surface area contributed by atoms with Crippen LogP contribution < -0.4 is 10.9 Å². The monoisotopic (exact) mass is 361 g/mol. The van der Waals surface area contributed by atoms with Crippen molar-refractivity contribution in [1.82, 2.24) is 14.9 Å². The Morgan fingerprint density at radius 2 is 1.92 bits per heavy atom. The highest BCUT2D eigenvalue weighted by Gasteiger charge is 2.17. The quantitative estimate of drug-likeness (QED) is 0.632. The Kier molecular flexibility index (Phi) is 6.36. The van der Waals surface area contributed by atoms with Gasteiger partial charge in [-0.2, -0.15) is 0 Å². The minimum absolute atomic E-state index is 0.0275. The first-order valence-corrected chi connectivity index (χ1v) is 9.31. The number of rotatable bonds is 6. The molecule has 2 aromatic rings. The topological polar surface area (TPSA) is 81.1 Å². The van der Waals surface area contributed by atoms with Crippen LogP contribution in [0.2, 0.25) is 0 Å². The Morgan fingerprint density at radius 3 is 2.56 bits per heavy atom. The first-order valence-electron chi connectivity index (χ1n) is 8.32. The number of aromatic nitrogens is 2. The molecule has 25 heavy (non-hydrogen) atoms. The molecule has 0 fully saturated rings. The molecule has 1 N–H and O–H groups in total. The van der Waals surface area contributed by atoms with Crippen molar-refractivity contribution < 1.29 is 9.59 Å². The Labute approximate surface area is 151 Å². The van der Waals surface area contributed by atoms with Gasteiger partial charge in [-0.25, -0.2) is 4.98 Å². The van der Waals surface area contributed by atoms with E-state index in [2.05, 4.69) is 10.3 Å². The average molecular weight is 361 g/mol. The van der Waals surface area contributed by atoms with Crippen LogP contribution in [-0.2, 0) is 9.59 Å². The van der Waals surface area contributed by atoms with Crippen LogP contribution in [0.25, 0.3) is 10.9 Å². The van der Waals surface area contributed by atoms with Crippen LogP contribution in [0.4, 0.5) is 0 Å². The highest BCUT2D eigenvalue weighted by atomic mass is 32.2. The normalized spacial score (nSPS) is 12.4. The molecule has 1 heterocycles. The van der Waals surface area contributed by atoms with E-state index < -0.39 is 0 Å². The lowest BCUT2D eigenvalue weighted by molar-refractivity contribution is -0.130. The molecule has 0 spiro atoms. The second-order valence-corrected chi connectivity index (χ2v) is 7.14. The van der Waals surface area contributed by atoms with E-state index in [0.29, 0.717) is 16.1 Å². The van der Waals surface area contributed by atoms with Crippen molar-refractivity contribution in [3.05, 3.63) is 34.6 Å². The number of nitrogens with one attached hydrogen (secondary N) is 1. The highest BCUT2D eigenvalue weighted by molar-refractivity contribution is 7.99. The third kappa shape index (κ3) is 4.48. The van der Waals surface area contributed by atoms with Crippen LogP contribution in [-0.4, -0.2) is 27.1 Å². The number of imide groups is 1. The van der Waals surface area contributed by atoms with Gasteiger partial charge in [0.05, 0.1) is 16.7 Å². The first kappa shape index (κ1) is 19.2. The largest absolute Gasteiger partial charge is 0.296 e. The van der Waals surface area contributed by atoms with Gasteiger partial charge in [0.15, 0.2) is 5.16 Å². The van der Waals surface area contributed by atoms with E-state index in [0.717, 1.165) is 6.42 Å². The number of amides is 2. The maximum atomic E-state index is 12.8. The van der Waals surface area contributed by atoms with Crippen molar-refractivity contribution in [3.63, 3.8) is 0 Å².